The molecule has 0 atom stereocenters. The Bertz CT molecular complexity index is 526. The van der Waals surface area contributed by atoms with Crippen molar-refractivity contribution >= 4 is 11.6 Å². The lowest BCUT2D eigenvalue weighted by Gasteiger charge is -2.21. The van der Waals surface area contributed by atoms with E-state index in [-0.39, 0.29) is 19.1 Å². The van der Waals surface area contributed by atoms with Crippen molar-refractivity contribution < 1.29 is 13.9 Å². The van der Waals surface area contributed by atoms with Gasteiger partial charge in [0.15, 0.2) is 0 Å². The molecule has 1 aromatic carbocycles. The summed E-state index contributed by atoms with van der Waals surface area (Å²) in [6.45, 7) is 2.11. The van der Waals surface area contributed by atoms with E-state index in [0.717, 1.165) is 23.2 Å². The van der Waals surface area contributed by atoms with E-state index < -0.39 is 0 Å². The highest BCUT2D eigenvalue weighted by atomic mass is 19.1. The molecule has 1 heterocycles. The van der Waals surface area contributed by atoms with Crippen LogP contribution in [0.1, 0.15) is 17.5 Å². The molecule has 3 N–H and O–H groups in total. The molecular formula is C14H17FN2O2. The molecule has 1 amide bonds. The van der Waals surface area contributed by atoms with E-state index in [2.05, 4.69) is 5.32 Å². The number of amides is 1. The summed E-state index contributed by atoms with van der Waals surface area (Å²) in [7, 11) is 0. The molecule has 0 aliphatic carbocycles. The van der Waals surface area contributed by atoms with Gasteiger partial charge in [0, 0.05) is 24.1 Å². The summed E-state index contributed by atoms with van der Waals surface area (Å²) >= 11 is 0. The number of carbonyl (C=O) groups excluding carboxylic acids is 1. The summed E-state index contributed by atoms with van der Waals surface area (Å²) in [6, 6.07) is 3.77. The van der Waals surface area contributed by atoms with Gasteiger partial charge >= 0.3 is 0 Å². The van der Waals surface area contributed by atoms with Gasteiger partial charge in [-0.2, -0.15) is 0 Å². The maximum Gasteiger partial charge on any atom is 0.224 e. The van der Waals surface area contributed by atoms with Crippen LogP contribution in [0.5, 0.6) is 5.75 Å². The number of hydrogen-bond donors (Lipinski definition) is 2. The van der Waals surface area contributed by atoms with E-state index in [1.165, 1.54) is 0 Å². The first-order valence-electron chi connectivity index (χ1n) is 6.19. The number of ether oxygens (including phenoxy) is 1. The lowest BCUT2D eigenvalue weighted by molar-refractivity contribution is -0.116. The third kappa shape index (κ3) is 2.93. The Morgan fingerprint density at radius 3 is 3.00 bits per heavy atom. The highest BCUT2D eigenvalue weighted by molar-refractivity contribution is 5.95. The quantitative estimate of drug-likeness (QED) is 0.875. The normalized spacial score (nSPS) is 14.9. The SMILES string of the molecule is Cc1c(OC/C(=C/F)CN)ccc2c1NC(=O)CC2. The van der Waals surface area contributed by atoms with Crippen LogP contribution in [-0.4, -0.2) is 19.1 Å². The molecule has 102 valence electrons. The van der Waals surface area contributed by atoms with Crippen molar-refractivity contribution in [3.8, 4) is 5.75 Å². The topological polar surface area (TPSA) is 64.3 Å². The van der Waals surface area contributed by atoms with Gasteiger partial charge in [-0.25, -0.2) is 4.39 Å². The number of benzene rings is 1. The second-order valence-electron chi connectivity index (χ2n) is 4.53. The van der Waals surface area contributed by atoms with Gasteiger partial charge in [0.25, 0.3) is 0 Å². The van der Waals surface area contributed by atoms with Gasteiger partial charge < -0.3 is 15.8 Å². The summed E-state index contributed by atoms with van der Waals surface area (Å²) in [5.74, 6) is 0.646. The third-order valence-corrected chi connectivity index (χ3v) is 3.22. The molecule has 0 saturated carbocycles. The zero-order chi connectivity index (χ0) is 13.8. The summed E-state index contributed by atoms with van der Waals surface area (Å²) in [4.78, 5) is 11.4. The molecule has 0 spiro atoms. The van der Waals surface area contributed by atoms with Crippen LogP contribution in [-0.2, 0) is 11.2 Å². The predicted octanol–water partition coefficient (Wildman–Crippen LogP) is 2.07. The van der Waals surface area contributed by atoms with Crippen molar-refractivity contribution in [2.24, 2.45) is 5.73 Å². The van der Waals surface area contributed by atoms with E-state index in [9.17, 15) is 9.18 Å². The summed E-state index contributed by atoms with van der Waals surface area (Å²) in [5, 5.41) is 2.85. The Labute approximate surface area is 111 Å². The first-order valence-corrected chi connectivity index (χ1v) is 6.19. The number of aryl methyl sites for hydroxylation is 1. The van der Waals surface area contributed by atoms with Gasteiger partial charge in [-0.05, 0) is 25.0 Å². The average Bonchev–Trinajstić information content (AvgIpc) is 2.42. The molecule has 1 aliphatic rings. The minimum absolute atomic E-state index is 0.0130. The Balaban J connectivity index is 2.19. The number of nitrogens with one attached hydrogen (secondary N) is 1. The van der Waals surface area contributed by atoms with Gasteiger partial charge in [-0.1, -0.05) is 6.07 Å². The molecule has 1 aromatic rings. The van der Waals surface area contributed by atoms with Crippen molar-refractivity contribution in [3.63, 3.8) is 0 Å². The average molecular weight is 264 g/mol. The smallest absolute Gasteiger partial charge is 0.224 e. The second kappa shape index (κ2) is 5.84. The molecule has 19 heavy (non-hydrogen) atoms. The Morgan fingerprint density at radius 2 is 2.32 bits per heavy atom. The zero-order valence-electron chi connectivity index (χ0n) is 10.8. The van der Waals surface area contributed by atoms with Gasteiger partial charge in [0.1, 0.15) is 12.4 Å². The van der Waals surface area contributed by atoms with E-state index >= 15 is 0 Å². The largest absolute Gasteiger partial charge is 0.489 e. The zero-order valence-corrected chi connectivity index (χ0v) is 10.8. The van der Waals surface area contributed by atoms with E-state index in [4.69, 9.17) is 10.5 Å². The highest BCUT2D eigenvalue weighted by Gasteiger charge is 2.18. The third-order valence-electron chi connectivity index (χ3n) is 3.22. The van der Waals surface area contributed by atoms with Crippen LogP contribution in [0, 0.1) is 6.92 Å². The molecule has 0 fully saturated rings. The van der Waals surface area contributed by atoms with Gasteiger partial charge in [0.2, 0.25) is 5.91 Å². The van der Waals surface area contributed by atoms with E-state index in [0.29, 0.717) is 24.1 Å². The number of fused-ring (bicyclic) bond motifs is 1. The fourth-order valence-electron chi connectivity index (χ4n) is 2.04. The molecule has 2 rings (SSSR count). The molecule has 5 heteroatoms. The number of carbonyl (C=O) groups is 1. The Kier molecular flexibility index (Phi) is 4.16. The first kappa shape index (κ1) is 13.5. The second-order valence-corrected chi connectivity index (χ2v) is 4.53. The lowest BCUT2D eigenvalue weighted by atomic mass is 9.99. The first-order chi connectivity index (χ1) is 9.15. The summed E-state index contributed by atoms with van der Waals surface area (Å²) < 4.78 is 17.9. The van der Waals surface area contributed by atoms with E-state index in [1.807, 2.05) is 19.1 Å². The van der Waals surface area contributed by atoms with Crippen LogP contribution in [0.15, 0.2) is 24.0 Å². The summed E-state index contributed by atoms with van der Waals surface area (Å²) in [5.41, 5.74) is 8.53. The molecule has 0 radical (unpaired) electrons. The standard InChI is InChI=1S/C14H17FN2O2/c1-9-12(19-8-10(6-15)7-16)4-2-11-3-5-13(18)17-14(9)11/h2,4,6H,3,5,7-8,16H2,1H3,(H,17,18)/b10-6+. The number of rotatable bonds is 4. The summed E-state index contributed by atoms with van der Waals surface area (Å²) in [6.07, 6.45) is 1.71. The number of hydrogen-bond acceptors (Lipinski definition) is 3. The van der Waals surface area contributed by atoms with Crippen molar-refractivity contribution in [2.75, 3.05) is 18.5 Å². The molecule has 0 aromatic heterocycles. The minimum atomic E-state index is 0.0130. The predicted molar refractivity (Wildman–Crippen MR) is 71.9 cm³/mol. The van der Waals surface area contributed by atoms with Crippen molar-refractivity contribution in [3.05, 3.63) is 35.2 Å². The Morgan fingerprint density at radius 1 is 1.53 bits per heavy atom. The maximum absolute atomic E-state index is 12.4. The van der Waals surface area contributed by atoms with Crippen LogP contribution in [0.4, 0.5) is 10.1 Å². The van der Waals surface area contributed by atoms with Crippen LogP contribution >= 0.6 is 0 Å². The maximum atomic E-state index is 12.4. The molecule has 0 saturated heterocycles. The van der Waals surface area contributed by atoms with Crippen molar-refractivity contribution in [1.82, 2.24) is 0 Å². The fourth-order valence-corrected chi connectivity index (χ4v) is 2.04. The van der Waals surface area contributed by atoms with Crippen LogP contribution in [0.3, 0.4) is 0 Å². The molecule has 0 bridgehead atoms. The van der Waals surface area contributed by atoms with E-state index in [1.54, 1.807) is 0 Å². The van der Waals surface area contributed by atoms with Crippen LogP contribution in [0.25, 0.3) is 0 Å². The molecule has 4 nitrogen and oxygen atoms in total. The Hall–Kier alpha value is -1.88. The monoisotopic (exact) mass is 264 g/mol. The molecule has 0 unspecified atom stereocenters. The minimum Gasteiger partial charge on any atom is -0.489 e. The highest BCUT2D eigenvalue weighted by Crippen LogP contribution is 2.32. The van der Waals surface area contributed by atoms with Crippen molar-refractivity contribution in [2.45, 2.75) is 19.8 Å². The van der Waals surface area contributed by atoms with Gasteiger partial charge in [-0.3, -0.25) is 4.79 Å². The van der Waals surface area contributed by atoms with Crippen LogP contribution < -0.4 is 15.8 Å². The fraction of sp³-hybridized carbons (Fsp3) is 0.357. The van der Waals surface area contributed by atoms with Gasteiger partial charge in [0.05, 0.1) is 12.0 Å². The van der Waals surface area contributed by atoms with Crippen LogP contribution in [0.2, 0.25) is 0 Å². The number of halogens is 1. The number of nitrogens with two attached hydrogens (primary N) is 1. The lowest BCUT2D eigenvalue weighted by Crippen LogP contribution is -2.20. The van der Waals surface area contributed by atoms with Gasteiger partial charge in [-0.15, -0.1) is 0 Å². The van der Waals surface area contributed by atoms with Crippen molar-refractivity contribution in [1.29, 1.82) is 0 Å². The number of anilines is 1. The molecular weight excluding hydrogens is 247 g/mol. The molecule has 1 aliphatic heterocycles.